The average molecular weight is 336 g/mol. The van der Waals surface area contributed by atoms with Crippen LogP contribution in [0.4, 0.5) is 5.82 Å². The second kappa shape index (κ2) is 6.47. The van der Waals surface area contributed by atoms with Gasteiger partial charge in [-0.15, -0.1) is 0 Å². The van der Waals surface area contributed by atoms with E-state index in [1.807, 2.05) is 42.3 Å². The summed E-state index contributed by atoms with van der Waals surface area (Å²) in [5.41, 5.74) is 1.88. The molecule has 1 atom stereocenters. The Morgan fingerprint density at radius 1 is 1.16 bits per heavy atom. The van der Waals surface area contributed by atoms with Crippen LogP contribution in [0.3, 0.4) is 0 Å². The number of rotatable bonds is 3. The van der Waals surface area contributed by atoms with Crippen LogP contribution in [-0.2, 0) is 11.3 Å². The van der Waals surface area contributed by atoms with E-state index in [4.69, 9.17) is 0 Å². The van der Waals surface area contributed by atoms with Crippen molar-refractivity contribution in [2.45, 2.75) is 32.7 Å². The number of anilines is 1. The number of hydrogen-bond donors (Lipinski definition) is 0. The molecule has 2 aliphatic rings. The molecule has 2 aromatic heterocycles. The molecule has 2 fully saturated rings. The van der Waals surface area contributed by atoms with Gasteiger partial charge in [0.05, 0.1) is 5.41 Å². The Bertz CT molecular complexity index is 763. The highest BCUT2D eigenvalue weighted by Crippen LogP contribution is 2.41. The molecule has 2 aliphatic heterocycles. The molecule has 1 unspecified atom stereocenters. The first kappa shape index (κ1) is 16.1. The van der Waals surface area contributed by atoms with E-state index in [1.165, 1.54) is 0 Å². The van der Waals surface area contributed by atoms with E-state index in [1.54, 1.807) is 6.20 Å². The summed E-state index contributed by atoms with van der Waals surface area (Å²) >= 11 is 0. The molecule has 0 bridgehead atoms. The minimum atomic E-state index is -0.244. The van der Waals surface area contributed by atoms with E-state index >= 15 is 0 Å². The molecule has 2 aromatic rings. The van der Waals surface area contributed by atoms with Gasteiger partial charge in [0.2, 0.25) is 5.91 Å². The summed E-state index contributed by atoms with van der Waals surface area (Å²) < 4.78 is 0. The second-order valence-corrected chi connectivity index (χ2v) is 7.28. The first-order chi connectivity index (χ1) is 12.2. The largest absolute Gasteiger partial charge is 0.356 e. The molecular weight excluding hydrogens is 312 g/mol. The van der Waals surface area contributed by atoms with Gasteiger partial charge in [-0.2, -0.15) is 0 Å². The van der Waals surface area contributed by atoms with Crippen LogP contribution in [0.15, 0.2) is 42.7 Å². The molecule has 1 amide bonds. The van der Waals surface area contributed by atoms with Crippen molar-refractivity contribution in [1.29, 1.82) is 0 Å². The molecule has 4 rings (SSSR count). The number of aromatic nitrogens is 2. The number of carbonyl (C=O) groups is 1. The smallest absolute Gasteiger partial charge is 0.230 e. The maximum Gasteiger partial charge on any atom is 0.230 e. The zero-order valence-electron chi connectivity index (χ0n) is 14.7. The second-order valence-electron chi connectivity index (χ2n) is 7.28. The fourth-order valence-electron chi connectivity index (χ4n) is 4.17. The minimum Gasteiger partial charge on any atom is -0.356 e. The van der Waals surface area contributed by atoms with Crippen LogP contribution in [0.2, 0.25) is 0 Å². The Balaban J connectivity index is 1.51. The van der Waals surface area contributed by atoms with Crippen molar-refractivity contribution in [3.8, 4) is 0 Å². The van der Waals surface area contributed by atoms with E-state index < -0.39 is 0 Å². The number of piperidine rings is 1. The Morgan fingerprint density at radius 2 is 2.08 bits per heavy atom. The van der Waals surface area contributed by atoms with Crippen LogP contribution in [0.5, 0.6) is 0 Å². The Hall–Kier alpha value is -2.43. The number of pyridine rings is 2. The van der Waals surface area contributed by atoms with E-state index in [2.05, 4.69) is 20.9 Å². The molecule has 25 heavy (non-hydrogen) atoms. The van der Waals surface area contributed by atoms with E-state index in [0.717, 1.165) is 56.0 Å². The Morgan fingerprint density at radius 3 is 2.88 bits per heavy atom. The van der Waals surface area contributed by atoms with Gasteiger partial charge in [-0.3, -0.25) is 9.78 Å². The number of hydrogen-bond acceptors (Lipinski definition) is 4. The SMILES string of the molecule is Cc1cccc(N2CCCC3(CCN(Cc4cccnc4)C3=O)C2)n1. The molecule has 5 nitrogen and oxygen atoms in total. The van der Waals surface area contributed by atoms with Crippen molar-refractivity contribution in [1.82, 2.24) is 14.9 Å². The monoisotopic (exact) mass is 336 g/mol. The van der Waals surface area contributed by atoms with Crippen LogP contribution in [0.1, 0.15) is 30.5 Å². The topological polar surface area (TPSA) is 49.3 Å². The van der Waals surface area contributed by atoms with Crippen LogP contribution in [-0.4, -0.2) is 40.4 Å². The maximum atomic E-state index is 13.2. The predicted molar refractivity (Wildman–Crippen MR) is 97.1 cm³/mol. The van der Waals surface area contributed by atoms with Gasteiger partial charge in [0.15, 0.2) is 0 Å². The van der Waals surface area contributed by atoms with Crippen molar-refractivity contribution >= 4 is 11.7 Å². The number of carbonyl (C=O) groups excluding carboxylic acids is 1. The summed E-state index contributed by atoms with van der Waals surface area (Å²) in [5.74, 6) is 1.30. The standard InChI is InChI=1S/C20H24N4O/c1-16-5-2-7-18(22-16)24-11-4-8-20(15-24)9-12-23(19(20)25)14-17-6-3-10-21-13-17/h2-3,5-7,10,13H,4,8-9,11-12,14-15H2,1H3. The van der Waals surface area contributed by atoms with Gasteiger partial charge in [-0.25, -0.2) is 4.98 Å². The minimum absolute atomic E-state index is 0.244. The van der Waals surface area contributed by atoms with Crippen LogP contribution < -0.4 is 4.90 Å². The molecule has 0 aromatic carbocycles. The summed E-state index contributed by atoms with van der Waals surface area (Å²) in [7, 11) is 0. The van der Waals surface area contributed by atoms with Crippen LogP contribution in [0, 0.1) is 12.3 Å². The molecule has 130 valence electrons. The fourth-order valence-corrected chi connectivity index (χ4v) is 4.17. The summed E-state index contributed by atoms with van der Waals surface area (Å²) in [4.78, 5) is 26.3. The van der Waals surface area contributed by atoms with E-state index in [0.29, 0.717) is 12.5 Å². The van der Waals surface area contributed by atoms with Gasteiger partial charge >= 0.3 is 0 Å². The zero-order valence-corrected chi connectivity index (χ0v) is 14.7. The van der Waals surface area contributed by atoms with E-state index in [-0.39, 0.29) is 5.41 Å². The van der Waals surface area contributed by atoms with Gasteiger partial charge in [0.1, 0.15) is 5.82 Å². The maximum absolute atomic E-state index is 13.2. The lowest BCUT2D eigenvalue weighted by Crippen LogP contribution is -2.48. The van der Waals surface area contributed by atoms with Crippen LogP contribution >= 0.6 is 0 Å². The fraction of sp³-hybridized carbons (Fsp3) is 0.450. The lowest BCUT2D eigenvalue weighted by molar-refractivity contribution is -0.137. The highest BCUT2D eigenvalue weighted by Gasteiger charge is 2.48. The zero-order chi connectivity index (χ0) is 17.3. The van der Waals surface area contributed by atoms with Crippen molar-refractivity contribution < 1.29 is 4.79 Å². The number of amides is 1. The predicted octanol–water partition coefficient (Wildman–Crippen LogP) is 2.80. The quantitative estimate of drug-likeness (QED) is 0.865. The van der Waals surface area contributed by atoms with E-state index in [9.17, 15) is 4.79 Å². The molecule has 2 saturated heterocycles. The average Bonchev–Trinajstić information content (AvgIpc) is 2.92. The third-order valence-corrected chi connectivity index (χ3v) is 5.47. The van der Waals surface area contributed by atoms with Crippen molar-refractivity contribution in [2.24, 2.45) is 5.41 Å². The Labute approximate surface area is 148 Å². The third-order valence-electron chi connectivity index (χ3n) is 5.47. The number of likely N-dealkylation sites (tertiary alicyclic amines) is 1. The highest BCUT2D eigenvalue weighted by molar-refractivity contribution is 5.85. The normalized spacial score (nSPS) is 23.5. The van der Waals surface area contributed by atoms with Crippen molar-refractivity contribution in [2.75, 3.05) is 24.5 Å². The Kier molecular flexibility index (Phi) is 4.15. The van der Waals surface area contributed by atoms with Gasteiger partial charge < -0.3 is 9.80 Å². The lowest BCUT2D eigenvalue weighted by Gasteiger charge is -2.39. The van der Waals surface area contributed by atoms with Gasteiger partial charge in [0, 0.05) is 44.3 Å². The summed E-state index contributed by atoms with van der Waals surface area (Å²) in [6.45, 7) is 5.28. The van der Waals surface area contributed by atoms with Gasteiger partial charge in [-0.1, -0.05) is 12.1 Å². The highest BCUT2D eigenvalue weighted by atomic mass is 16.2. The van der Waals surface area contributed by atoms with Crippen molar-refractivity contribution in [3.05, 3.63) is 54.0 Å². The van der Waals surface area contributed by atoms with Gasteiger partial charge in [0.25, 0.3) is 0 Å². The first-order valence-corrected chi connectivity index (χ1v) is 9.03. The van der Waals surface area contributed by atoms with Gasteiger partial charge in [-0.05, 0) is 49.9 Å². The molecule has 0 N–H and O–H groups in total. The molecule has 1 spiro atoms. The summed E-state index contributed by atoms with van der Waals surface area (Å²) in [5, 5.41) is 0. The number of nitrogens with zero attached hydrogens (tertiary/aromatic N) is 4. The molecule has 0 saturated carbocycles. The summed E-state index contributed by atoms with van der Waals surface area (Å²) in [6.07, 6.45) is 6.58. The molecule has 4 heterocycles. The molecule has 5 heteroatoms. The molecular formula is C20H24N4O. The van der Waals surface area contributed by atoms with Crippen LogP contribution in [0.25, 0.3) is 0 Å². The first-order valence-electron chi connectivity index (χ1n) is 9.03. The summed E-state index contributed by atoms with van der Waals surface area (Å²) in [6, 6.07) is 10.1. The molecule has 0 aliphatic carbocycles. The number of aryl methyl sites for hydroxylation is 1. The lowest BCUT2D eigenvalue weighted by atomic mass is 9.78. The molecule has 0 radical (unpaired) electrons. The van der Waals surface area contributed by atoms with Crippen molar-refractivity contribution in [3.63, 3.8) is 0 Å². The third kappa shape index (κ3) is 3.11.